The van der Waals surface area contributed by atoms with Gasteiger partial charge in [-0.2, -0.15) is 0 Å². The Labute approximate surface area is 112 Å². The average Bonchev–Trinajstić information content (AvgIpc) is 2.33. The first kappa shape index (κ1) is 13.5. The molecular formula is C14H18N2O3. The van der Waals surface area contributed by atoms with Crippen LogP contribution < -0.4 is 5.32 Å². The third kappa shape index (κ3) is 3.54. The second kappa shape index (κ2) is 5.84. The number of amides is 1. The lowest BCUT2D eigenvalue weighted by Crippen LogP contribution is -2.55. The van der Waals surface area contributed by atoms with Gasteiger partial charge in [0.15, 0.2) is 0 Å². The highest BCUT2D eigenvalue weighted by Gasteiger charge is 2.31. The molecule has 1 fully saturated rings. The molecule has 0 saturated carbocycles. The fourth-order valence-corrected chi connectivity index (χ4v) is 2.38. The van der Waals surface area contributed by atoms with E-state index in [0.29, 0.717) is 19.6 Å². The third-order valence-electron chi connectivity index (χ3n) is 3.28. The van der Waals surface area contributed by atoms with E-state index < -0.39 is 12.0 Å². The normalized spacial score (nSPS) is 20.1. The van der Waals surface area contributed by atoms with Gasteiger partial charge >= 0.3 is 5.97 Å². The van der Waals surface area contributed by atoms with Crippen molar-refractivity contribution in [3.63, 3.8) is 0 Å². The summed E-state index contributed by atoms with van der Waals surface area (Å²) in [6.45, 7) is 3.87. The van der Waals surface area contributed by atoms with Crippen LogP contribution in [0.15, 0.2) is 24.3 Å². The van der Waals surface area contributed by atoms with E-state index >= 15 is 0 Å². The summed E-state index contributed by atoms with van der Waals surface area (Å²) in [7, 11) is 0. The number of nitrogens with one attached hydrogen (secondary N) is 1. The van der Waals surface area contributed by atoms with E-state index in [4.69, 9.17) is 5.11 Å². The van der Waals surface area contributed by atoms with E-state index in [-0.39, 0.29) is 12.3 Å². The standard InChI is InChI=1S/C14H18N2O3/c1-10-3-2-4-11(7-10)9-16-6-5-15-14(19)12(16)8-13(17)18/h2-4,7,12H,5-6,8-9H2,1H3,(H,15,19)(H,17,18). The van der Waals surface area contributed by atoms with E-state index in [1.165, 1.54) is 0 Å². The molecular weight excluding hydrogens is 244 g/mol. The van der Waals surface area contributed by atoms with Gasteiger partial charge < -0.3 is 10.4 Å². The number of carboxylic acids is 1. The van der Waals surface area contributed by atoms with Crippen LogP contribution in [0.2, 0.25) is 0 Å². The van der Waals surface area contributed by atoms with Gasteiger partial charge in [0.25, 0.3) is 0 Å². The van der Waals surface area contributed by atoms with Gasteiger partial charge in [0.05, 0.1) is 6.42 Å². The predicted octanol–water partition coefficient (Wildman–Crippen LogP) is 0.770. The molecule has 2 rings (SSSR count). The van der Waals surface area contributed by atoms with Crippen LogP contribution in [-0.2, 0) is 16.1 Å². The molecule has 1 atom stereocenters. The van der Waals surface area contributed by atoms with Crippen molar-refractivity contribution in [2.24, 2.45) is 0 Å². The number of hydrogen-bond acceptors (Lipinski definition) is 3. The summed E-state index contributed by atoms with van der Waals surface area (Å²) in [5.74, 6) is -1.14. The smallest absolute Gasteiger partial charge is 0.305 e. The molecule has 0 aliphatic carbocycles. The number of carbonyl (C=O) groups is 2. The number of piperazine rings is 1. The van der Waals surface area contributed by atoms with Crippen LogP contribution in [0.25, 0.3) is 0 Å². The third-order valence-corrected chi connectivity index (χ3v) is 3.28. The fourth-order valence-electron chi connectivity index (χ4n) is 2.38. The molecule has 2 N–H and O–H groups in total. The van der Waals surface area contributed by atoms with Crippen molar-refractivity contribution < 1.29 is 14.7 Å². The number of benzene rings is 1. The Kier molecular flexibility index (Phi) is 4.16. The maximum atomic E-state index is 11.8. The van der Waals surface area contributed by atoms with Crippen molar-refractivity contribution in [2.75, 3.05) is 13.1 Å². The molecule has 1 heterocycles. The molecule has 0 spiro atoms. The SMILES string of the molecule is Cc1cccc(CN2CCNC(=O)C2CC(=O)O)c1. The van der Waals surface area contributed by atoms with E-state index in [1.807, 2.05) is 30.0 Å². The summed E-state index contributed by atoms with van der Waals surface area (Å²) >= 11 is 0. The van der Waals surface area contributed by atoms with Crippen LogP contribution in [0, 0.1) is 6.92 Å². The zero-order valence-corrected chi connectivity index (χ0v) is 10.9. The quantitative estimate of drug-likeness (QED) is 0.841. The molecule has 19 heavy (non-hydrogen) atoms. The Morgan fingerprint density at radius 3 is 3.00 bits per heavy atom. The number of carbonyl (C=O) groups excluding carboxylic acids is 1. The van der Waals surface area contributed by atoms with Gasteiger partial charge in [0.2, 0.25) is 5.91 Å². The number of hydrogen-bond donors (Lipinski definition) is 2. The Morgan fingerprint density at radius 2 is 2.32 bits per heavy atom. The number of carboxylic acid groups (broad SMARTS) is 1. The molecule has 102 valence electrons. The zero-order chi connectivity index (χ0) is 13.8. The van der Waals surface area contributed by atoms with Gasteiger partial charge in [-0.05, 0) is 12.5 Å². The zero-order valence-electron chi connectivity index (χ0n) is 10.9. The van der Waals surface area contributed by atoms with Gasteiger partial charge in [-0.3, -0.25) is 14.5 Å². The van der Waals surface area contributed by atoms with E-state index in [0.717, 1.165) is 11.1 Å². The lowest BCUT2D eigenvalue weighted by atomic mass is 10.1. The maximum Gasteiger partial charge on any atom is 0.305 e. The number of rotatable bonds is 4. The summed E-state index contributed by atoms with van der Waals surface area (Å²) in [4.78, 5) is 24.6. The summed E-state index contributed by atoms with van der Waals surface area (Å²) in [5, 5.41) is 11.6. The van der Waals surface area contributed by atoms with Crippen LogP contribution in [0.5, 0.6) is 0 Å². The lowest BCUT2D eigenvalue weighted by molar-refractivity contribution is -0.143. The number of aliphatic carboxylic acids is 1. The molecule has 1 saturated heterocycles. The van der Waals surface area contributed by atoms with Gasteiger partial charge in [0, 0.05) is 19.6 Å². The molecule has 1 unspecified atom stereocenters. The second-order valence-electron chi connectivity index (χ2n) is 4.86. The molecule has 1 aromatic carbocycles. The van der Waals surface area contributed by atoms with Crippen LogP contribution in [0.4, 0.5) is 0 Å². The summed E-state index contributed by atoms with van der Waals surface area (Å²) < 4.78 is 0. The molecule has 0 radical (unpaired) electrons. The first-order valence-electron chi connectivity index (χ1n) is 6.35. The molecule has 5 nitrogen and oxygen atoms in total. The van der Waals surface area contributed by atoms with Crippen molar-refractivity contribution >= 4 is 11.9 Å². The Hall–Kier alpha value is -1.88. The van der Waals surface area contributed by atoms with E-state index in [1.54, 1.807) is 0 Å². The summed E-state index contributed by atoms with van der Waals surface area (Å²) in [6.07, 6.45) is -0.155. The first-order chi connectivity index (χ1) is 9.06. The lowest BCUT2D eigenvalue weighted by Gasteiger charge is -2.34. The minimum absolute atomic E-state index is 0.155. The van der Waals surface area contributed by atoms with Crippen LogP contribution in [0.3, 0.4) is 0 Å². The van der Waals surface area contributed by atoms with E-state index in [9.17, 15) is 9.59 Å². The van der Waals surface area contributed by atoms with Crippen LogP contribution >= 0.6 is 0 Å². The number of aryl methyl sites for hydroxylation is 1. The minimum Gasteiger partial charge on any atom is -0.481 e. The number of nitrogens with zero attached hydrogens (tertiary/aromatic N) is 1. The van der Waals surface area contributed by atoms with Gasteiger partial charge in [-0.1, -0.05) is 29.8 Å². The van der Waals surface area contributed by atoms with Gasteiger partial charge in [-0.15, -0.1) is 0 Å². The molecule has 0 aromatic heterocycles. The minimum atomic E-state index is -0.948. The van der Waals surface area contributed by atoms with Crippen LogP contribution in [0.1, 0.15) is 17.5 Å². The van der Waals surface area contributed by atoms with Gasteiger partial charge in [0.1, 0.15) is 6.04 Å². The molecule has 1 amide bonds. The molecule has 5 heteroatoms. The Bertz CT molecular complexity index is 487. The average molecular weight is 262 g/mol. The highest BCUT2D eigenvalue weighted by atomic mass is 16.4. The van der Waals surface area contributed by atoms with Crippen molar-refractivity contribution in [1.29, 1.82) is 0 Å². The van der Waals surface area contributed by atoms with Gasteiger partial charge in [-0.25, -0.2) is 0 Å². The maximum absolute atomic E-state index is 11.8. The molecule has 1 aliphatic heterocycles. The fraction of sp³-hybridized carbons (Fsp3) is 0.429. The molecule has 0 bridgehead atoms. The second-order valence-corrected chi connectivity index (χ2v) is 4.86. The Morgan fingerprint density at radius 1 is 1.53 bits per heavy atom. The van der Waals surface area contributed by atoms with Crippen molar-refractivity contribution in [1.82, 2.24) is 10.2 Å². The van der Waals surface area contributed by atoms with Crippen LogP contribution in [-0.4, -0.2) is 41.0 Å². The first-order valence-corrected chi connectivity index (χ1v) is 6.35. The topological polar surface area (TPSA) is 69.6 Å². The summed E-state index contributed by atoms with van der Waals surface area (Å²) in [5.41, 5.74) is 2.26. The highest BCUT2D eigenvalue weighted by Crippen LogP contribution is 2.14. The van der Waals surface area contributed by atoms with Crippen molar-refractivity contribution in [2.45, 2.75) is 25.9 Å². The predicted molar refractivity (Wildman–Crippen MR) is 70.6 cm³/mol. The van der Waals surface area contributed by atoms with Crippen molar-refractivity contribution in [3.05, 3.63) is 35.4 Å². The largest absolute Gasteiger partial charge is 0.481 e. The molecule has 1 aromatic rings. The monoisotopic (exact) mass is 262 g/mol. The Balaban J connectivity index is 2.11. The molecule has 1 aliphatic rings. The highest BCUT2D eigenvalue weighted by molar-refractivity contribution is 5.86. The van der Waals surface area contributed by atoms with E-state index in [2.05, 4.69) is 11.4 Å². The van der Waals surface area contributed by atoms with Crippen molar-refractivity contribution in [3.8, 4) is 0 Å². The summed E-state index contributed by atoms with van der Waals surface area (Å²) in [6, 6.07) is 7.47.